The largest absolute Gasteiger partial charge is 0.489 e. The lowest BCUT2D eigenvalue weighted by Crippen LogP contribution is -2.50. The van der Waals surface area contributed by atoms with Gasteiger partial charge >= 0.3 is 5.56 Å². The van der Waals surface area contributed by atoms with E-state index in [2.05, 4.69) is 5.10 Å². The van der Waals surface area contributed by atoms with Gasteiger partial charge in [-0.3, -0.25) is 4.79 Å². The van der Waals surface area contributed by atoms with E-state index in [9.17, 15) is 22.0 Å². The fourth-order valence-corrected chi connectivity index (χ4v) is 6.74. The average molecular weight is 545 g/mol. The van der Waals surface area contributed by atoms with Crippen LogP contribution in [-0.4, -0.2) is 66.6 Å². The van der Waals surface area contributed by atoms with Crippen LogP contribution < -0.4 is 19.9 Å². The number of halogens is 2. The maximum absolute atomic E-state index is 13.9. The Morgan fingerprint density at radius 1 is 1.00 bits per heavy atom. The molecular formula is C26H26F2N4O5S. The molecule has 0 N–H and O–H groups in total. The minimum atomic E-state index is -3.31. The monoisotopic (exact) mass is 544 g/mol. The highest BCUT2D eigenvalue weighted by Gasteiger charge is 2.41. The summed E-state index contributed by atoms with van der Waals surface area (Å²) in [4.78, 5) is 15.5. The van der Waals surface area contributed by atoms with Crippen LogP contribution in [0.1, 0.15) is 18.4 Å². The van der Waals surface area contributed by atoms with Gasteiger partial charge in [-0.15, -0.1) is 0 Å². The second kappa shape index (κ2) is 9.66. The van der Waals surface area contributed by atoms with Gasteiger partial charge in [0.2, 0.25) is 15.8 Å². The SMILES string of the molecule is O=c1c(OC2COc3ccccc3C2)c(N2CCN(S(=O)(=O)C3CC3)CC2)cnn1-c1cc(F)cc(F)c1. The first-order valence-electron chi connectivity index (χ1n) is 12.5. The van der Waals surface area contributed by atoms with E-state index < -0.39 is 33.3 Å². The van der Waals surface area contributed by atoms with Gasteiger partial charge in [0.05, 0.1) is 17.1 Å². The van der Waals surface area contributed by atoms with Gasteiger partial charge in [-0.05, 0) is 36.6 Å². The molecule has 1 saturated heterocycles. The van der Waals surface area contributed by atoms with E-state index in [4.69, 9.17) is 9.47 Å². The minimum Gasteiger partial charge on any atom is -0.489 e. The van der Waals surface area contributed by atoms with E-state index in [0.29, 0.717) is 44.1 Å². The van der Waals surface area contributed by atoms with Crippen molar-refractivity contribution in [1.82, 2.24) is 14.1 Å². The number of rotatable bonds is 6. The van der Waals surface area contributed by atoms with Crippen LogP contribution in [0, 0.1) is 11.6 Å². The summed E-state index contributed by atoms with van der Waals surface area (Å²) in [5.41, 5.74) is 0.574. The zero-order valence-corrected chi connectivity index (χ0v) is 21.2. The molecule has 3 aliphatic rings. The molecule has 3 heterocycles. The number of aromatic nitrogens is 2. The molecule has 0 bridgehead atoms. The molecule has 1 saturated carbocycles. The molecule has 2 aromatic carbocycles. The summed E-state index contributed by atoms with van der Waals surface area (Å²) >= 11 is 0. The van der Waals surface area contributed by atoms with Crippen molar-refractivity contribution in [2.45, 2.75) is 30.6 Å². The molecule has 1 unspecified atom stereocenters. The van der Waals surface area contributed by atoms with Crippen LogP contribution in [0.25, 0.3) is 5.69 Å². The summed E-state index contributed by atoms with van der Waals surface area (Å²) in [7, 11) is -3.31. The number of hydrogen-bond donors (Lipinski definition) is 0. The molecule has 6 rings (SSSR count). The van der Waals surface area contributed by atoms with Crippen LogP contribution in [-0.2, 0) is 16.4 Å². The number of hydrogen-bond acceptors (Lipinski definition) is 7. The summed E-state index contributed by atoms with van der Waals surface area (Å²) in [6.07, 6.45) is 2.81. The number of piperazine rings is 1. The Labute approximate surface area is 218 Å². The van der Waals surface area contributed by atoms with Crippen LogP contribution in [0.5, 0.6) is 11.5 Å². The molecule has 38 heavy (non-hydrogen) atoms. The molecule has 9 nitrogen and oxygen atoms in total. The molecular weight excluding hydrogens is 518 g/mol. The summed E-state index contributed by atoms with van der Waals surface area (Å²) in [5, 5.41) is 3.90. The minimum absolute atomic E-state index is 0.0313. The number of para-hydroxylation sites is 1. The second-order valence-corrected chi connectivity index (χ2v) is 11.9. The van der Waals surface area contributed by atoms with E-state index in [0.717, 1.165) is 28.1 Å². The topological polar surface area (TPSA) is 94.0 Å². The predicted molar refractivity (Wildman–Crippen MR) is 136 cm³/mol. The Morgan fingerprint density at radius 3 is 2.42 bits per heavy atom. The number of benzene rings is 2. The maximum Gasteiger partial charge on any atom is 0.316 e. The molecule has 3 aromatic rings. The molecule has 1 aliphatic carbocycles. The lowest BCUT2D eigenvalue weighted by atomic mass is 10.0. The van der Waals surface area contributed by atoms with Gasteiger partial charge in [-0.1, -0.05) is 18.2 Å². The number of ether oxygens (including phenoxy) is 2. The molecule has 2 fully saturated rings. The van der Waals surface area contributed by atoms with E-state index in [1.54, 1.807) is 0 Å². The van der Waals surface area contributed by atoms with Crippen LogP contribution in [0.4, 0.5) is 14.5 Å². The molecule has 0 radical (unpaired) electrons. The molecule has 0 amide bonds. The number of fused-ring (bicyclic) bond motifs is 1. The zero-order valence-electron chi connectivity index (χ0n) is 20.4. The number of nitrogens with zero attached hydrogens (tertiary/aromatic N) is 4. The number of sulfonamides is 1. The highest BCUT2D eigenvalue weighted by molar-refractivity contribution is 7.90. The Bertz CT molecular complexity index is 1510. The first-order valence-corrected chi connectivity index (χ1v) is 14.0. The lowest BCUT2D eigenvalue weighted by molar-refractivity contribution is 0.110. The van der Waals surface area contributed by atoms with Crippen molar-refractivity contribution in [3.05, 3.63) is 76.2 Å². The van der Waals surface area contributed by atoms with Crippen molar-refractivity contribution in [1.29, 1.82) is 0 Å². The quantitative estimate of drug-likeness (QED) is 0.471. The first kappa shape index (κ1) is 24.8. The smallest absolute Gasteiger partial charge is 0.316 e. The lowest BCUT2D eigenvalue weighted by Gasteiger charge is -2.36. The van der Waals surface area contributed by atoms with Crippen molar-refractivity contribution in [2.75, 3.05) is 37.7 Å². The fourth-order valence-electron chi connectivity index (χ4n) is 4.91. The molecule has 0 spiro atoms. The highest BCUT2D eigenvalue weighted by atomic mass is 32.2. The average Bonchev–Trinajstić information content (AvgIpc) is 3.76. The fraction of sp³-hybridized carbons (Fsp3) is 0.385. The summed E-state index contributed by atoms with van der Waals surface area (Å²) < 4.78 is 67.7. The van der Waals surface area contributed by atoms with E-state index in [-0.39, 0.29) is 36.4 Å². The predicted octanol–water partition coefficient (Wildman–Crippen LogP) is 2.51. The van der Waals surface area contributed by atoms with Gasteiger partial charge in [-0.25, -0.2) is 17.2 Å². The third-order valence-corrected chi connectivity index (χ3v) is 9.42. The third kappa shape index (κ3) is 4.73. The first-order chi connectivity index (χ1) is 18.3. The summed E-state index contributed by atoms with van der Waals surface area (Å²) in [5.74, 6) is -0.963. The van der Waals surface area contributed by atoms with Gasteiger partial charge in [-0.2, -0.15) is 14.1 Å². The van der Waals surface area contributed by atoms with Crippen molar-refractivity contribution >= 4 is 15.7 Å². The van der Waals surface area contributed by atoms with Gasteiger partial charge in [0, 0.05) is 38.7 Å². The van der Waals surface area contributed by atoms with Gasteiger partial charge in [0.15, 0.2) is 0 Å². The number of anilines is 1. The molecule has 1 atom stereocenters. The molecule has 1 aromatic heterocycles. The molecule has 2 aliphatic heterocycles. The van der Waals surface area contributed by atoms with Crippen molar-refractivity contribution < 1.29 is 26.7 Å². The van der Waals surface area contributed by atoms with Crippen molar-refractivity contribution in [2.24, 2.45) is 0 Å². The van der Waals surface area contributed by atoms with Gasteiger partial charge < -0.3 is 14.4 Å². The Kier molecular flexibility index (Phi) is 6.31. The Balaban J connectivity index is 1.33. The normalized spacial score (nSPS) is 20.1. The van der Waals surface area contributed by atoms with Crippen LogP contribution in [0.2, 0.25) is 0 Å². The maximum atomic E-state index is 13.9. The van der Waals surface area contributed by atoms with Gasteiger partial charge in [0.25, 0.3) is 0 Å². The Hall–Kier alpha value is -3.51. The zero-order chi connectivity index (χ0) is 26.4. The summed E-state index contributed by atoms with van der Waals surface area (Å²) in [6.45, 7) is 1.44. The standard InChI is InChI=1S/C26H26F2N4O5S/c27-18-12-19(28)14-20(13-18)32-26(33)25(37-21-11-17-3-1-2-4-24(17)36-16-21)23(15-29-32)30-7-9-31(10-8-30)38(34,35)22-5-6-22/h1-4,12-15,21-22H,5-11,16H2. The Morgan fingerprint density at radius 2 is 1.71 bits per heavy atom. The van der Waals surface area contributed by atoms with E-state index >= 15 is 0 Å². The van der Waals surface area contributed by atoms with Gasteiger partial charge in [0.1, 0.15) is 35.8 Å². The van der Waals surface area contributed by atoms with Crippen LogP contribution in [0.3, 0.4) is 0 Å². The second-order valence-electron chi connectivity index (χ2n) is 9.70. The van der Waals surface area contributed by atoms with E-state index in [1.165, 1.54) is 10.5 Å². The van der Waals surface area contributed by atoms with Crippen molar-refractivity contribution in [3.8, 4) is 17.2 Å². The summed E-state index contributed by atoms with van der Waals surface area (Å²) in [6, 6.07) is 10.3. The van der Waals surface area contributed by atoms with Crippen molar-refractivity contribution in [3.63, 3.8) is 0 Å². The van der Waals surface area contributed by atoms with Crippen LogP contribution >= 0.6 is 0 Å². The van der Waals surface area contributed by atoms with E-state index in [1.807, 2.05) is 29.2 Å². The highest BCUT2D eigenvalue weighted by Crippen LogP contribution is 2.33. The molecule has 200 valence electrons. The third-order valence-electron chi connectivity index (χ3n) is 7.02. The molecule has 12 heteroatoms. The van der Waals surface area contributed by atoms with Crippen LogP contribution in [0.15, 0.2) is 53.5 Å².